The van der Waals surface area contributed by atoms with E-state index in [1.54, 1.807) is 15.9 Å². The van der Waals surface area contributed by atoms with Crippen LogP contribution in [-0.4, -0.2) is 37.4 Å². The van der Waals surface area contributed by atoms with Crippen LogP contribution in [0.4, 0.5) is 0 Å². The topological polar surface area (TPSA) is 101 Å². The predicted molar refractivity (Wildman–Crippen MR) is 100 cm³/mol. The number of nitrogens with one attached hydrogen (secondary N) is 2. The molecule has 2 amide bonds. The molecule has 8 nitrogen and oxygen atoms in total. The third-order valence-electron chi connectivity index (χ3n) is 4.58. The summed E-state index contributed by atoms with van der Waals surface area (Å²) in [5.74, 6) is 0.777. The monoisotopic (exact) mass is 384 g/mol. The Morgan fingerprint density at radius 2 is 2.26 bits per heavy atom. The van der Waals surface area contributed by atoms with Crippen molar-refractivity contribution >= 4 is 28.9 Å². The van der Waals surface area contributed by atoms with Gasteiger partial charge in [0.2, 0.25) is 11.8 Å². The second kappa shape index (κ2) is 7.07. The number of carbonyl (C=O) groups excluding carboxylic acids is 2. The maximum absolute atomic E-state index is 12.6. The molecule has 2 atom stereocenters. The van der Waals surface area contributed by atoms with Crippen molar-refractivity contribution in [1.29, 1.82) is 0 Å². The lowest BCUT2D eigenvalue weighted by Crippen LogP contribution is -2.50. The van der Waals surface area contributed by atoms with Gasteiger partial charge in [-0.1, -0.05) is 6.07 Å². The third-order valence-corrected chi connectivity index (χ3v) is 5.53. The zero-order valence-corrected chi connectivity index (χ0v) is 15.9. The van der Waals surface area contributed by atoms with Crippen LogP contribution in [0, 0.1) is 13.8 Å². The lowest BCUT2D eigenvalue weighted by atomic mass is 9.96. The Bertz CT molecular complexity index is 997. The van der Waals surface area contributed by atoms with Crippen LogP contribution in [0.2, 0.25) is 0 Å². The molecule has 9 heteroatoms. The lowest BCUT2D eigenvalue weighted by Gasteiger charge is -2.32. The summed E-state index contributed by atoms with van der Waals surface area (Å²) in [6.45, 7) is 3.83. The SMILES string of the molecule is Cc1cc(C)n2nc(CC(=O)N[C@@H]3CCC(=O)N[C@H]3c3cccs3)nc2n1. The van der Waals surface area contributed by atoms with Crippen molar-refractivity contribution < 1.29 is 9.59 Å². The number of aryl methyl sites for hydroxylation is 2. The number of amides is 2. The summed E-state index contributed by atoms with van der Waals surface area (Å²) in [6, 6.07) is 5.49. The summed E-state index contributed by atoms with van der Waals surface area (Å²) < 4.78 is 1.64. The van der Waals surface area contributed by atoms with Gasteiger partial charge in [-0.25, -0.2) is 9.50 Å². The van der Waals surface area contributed by atoms with Gasteiger partial charge >= 0.3 is 0 Å². The van der Waals surface area contributed by atoms with Gasteiger partial charge in [-0.3, -0.25) is 9.59 Å². The number of rotatable bonds is 4. The predicted octanol–water partition coefficient (Wildman–Crippen LogP) is 1.48. The van der Waals surface area contributed by atoms with Gasteiger partial charge < -0.3 is 10.6 Å². The van der Waals surface area contributed by atoms with E-state index in [1.807, 2.05) is 37.4 Å². The fourth-order valence-corrected chi connectivity index (χ4v) is 4.22. The molecule has 27 heavy (non-hydrogen) atoms. The van der Waals surface area contributed by atoms with Crippen LogP contribution in [0.15, 0.2) is 23.6 Å². The van der Waals surface area contributed by atoms with E-state index in [0.29, 0.717) is 24.4 Å². The Kier molecular flexibility index (Phi) is 4.61. The van der Waals surface area contributed by atoms with Crippen LogP contribution in [0.3, 0.4) is 0 Å². The molecule has 0 spiro atoms. The van der Waals surface area contributed by atoms with E-state index in [1.165, 1.54) is 0 Å². The molecule has 0 bridgehead atoms. The van der Waals surface area contributed by atoms with E-state index in [4.69, 9.17) is 0 Å². The van der Waals surface area contributed by atoms with Crippen molar-refractivity contribution in [2.24, 2.45) is 0 Å². The van der Waals surface area contributed by atoms with Gasteiger partial charge in [0.1, 0.15) is 0 Å². The van der Waals surface area contributed by atoms with Crippen LogP contribution in [0.25, 0.3) is 5.78 Å². The number of hydrogen-bond donors (Lipinski definition) is 2. The van der Waals surface area contributed by atoms with Gasteiger partial charge in [-0.15, -0.1) is 16.4 Å². The van der Waals surface area contributed by atoms with Crippen LogP contribution in [0.1, 0.15) is 41.0 Å². The molecule has 3 aromatic rings. The fraction of sp³-hybridized carbons (Fsp3) is 0.389. The zero-order chi connectivity index (χ0) is 19.0. The molecule has 0 unspecified atom stereocenters. The summed E-state index contributed by atoms with van der Waals surface area (Å²) in [7, 11) is 0. The molecule has 0 radical (unpaired) electrons. The Labute approximate surface area is 160 Å². The highest BCUT2D eigenvalue weighted by Gasteiger charge is 2.31. The van der Waals surface area contributed by atoms with Gasteiger partial charge in [0, 0.05) is 22.7 Å². The minimum atomic E-state index is -0.198. The van der Waals surface area contributed by atoms with Crippen molar-refractivity contribution in [3.8, 4) is 0 Å². The van der Waals surface area contributed by atoms with Crippen LogP contribution in [0.5, 0.6) is 0 Å². The van der Waals surface area contributed by atoms with Gasteiger partial charge in [0.05, 0.1) is 18.5 Å². The average Bonchev–Trinajstić information content (AvgIpc) is 3.26. The number of aromatic nitrogens is 4. The Balaban J connectivity index is 1.48. The molecule has 1 aliphatic heterocycles. The Hall–Kier alpha value is -2.81. The fourth-order valence-electron chi connectivity index (χ4n) is 3.38. The normalized spacial score (nSPS) is 19.9. The van der Waals surface area contributed by atoms with E-state index >= 15 is 0 Å². The largest absolute Gasteiger partial charge is 0.351 e. The van der Waals surface area contributed by atoms with Crippen molar-refractivity contribution in [3.63, 3.8) is 0 Å². The highest BCUT2D eigenvalue weighted by molar-refractivity contribution is 7.10. The standard InChI is InChI=1S/C18H20N6O2S/c1-10-8-11(2)24-18(19-10)21-14(23-24)9-16(26)20-12-5-6-15(25)22-17(12)13-4-3-7-27-13/h3-4,7-8,12,17H,5-6,9H2,1-2H3,(H,20,26)(H,22,25)/t12-,17-/m1/s1. The molecule has 0 aromatic carbocycles. The summed E-state index contributed by atoms with van der Waals surface area (Å²) >= 11 is 1.57. The van der Waals surface area contributed by atoms with E-state index in [-0.39, 0.29) is 30.3 Å². The lowest BCUT2D eigenvalue weighted by molar-refractivity contribution is -0.126. The third kappa shape index (κ3) is 3.68. The molecule has 2 N–H and O–H groups in total. The second-order valence-electron chi connectivity index (χ2n) is 6.73. The highest BCUT2D eigenvalue weighted by Crippen LogP contribution is 2.27. The van der Waals surface area contributed by atoms with Crippen LogP contribution in [-0.2, 0) is 16.0 Å². The first-order valence-corrected chi connectivity index (χ1v) is 9.69. The number of hydrogen-bond acceptors (Lipinski definition) is 6. The second-order valence-corrected chi connectivity index (χ2v) is 7.71. The molecule has 4 heterocycles. The highest BCUT2D eigenvalue weighted by atomic mass is 32.1. The minimum absolute atomic E-state index is 0.0119. The maximum Gasteiger partial charge on any atom is 0.252 e. The number of nitrogens with zero attached hydrogens (tertiary/aromatic N) is 4. The molecular weight excluding hydrogens is 364 g/mol. The van der Waals surface area contributed by atoms with Crippen molar-refractivity contribution in [1.82, 2.24) is 30.2 Å². The first-order chi connectivity index (χ1) is 13.0. The van der Waals surface area contributed by atoms with Crippen LogP contribution >= 0.6 is 11.3 Å². The molecule has 1 aliphatic rings. The number of fused-ring (bicyclic) bond motifs is 1. The van der Waals surface area contributed by atoms with Crippen molar-refractivity contribution in [2.75, 3.05) is 0 Å². The Morgan fingerprint density at radius 3 is 3.04 bits per heavy atom. The molecule has 1 fully saturated rings. The molecule has 3 aromatic heterocycles. The maximum atomic E-state index is 12.6. The molecule has 0 aliphatic carbocycles. The minimum Gasteiger partial charge on any atom is -0.351 e. The quantitative estimate of drug-likeness (QED) is 0.710. The number of thiophene rings is 1. The van der Waals surface area contributed by atoms with E-state index in [9.17, 15) is 9.59 Å². The van der Waals surface area contributed by atoms with E-state index in [2.05, 4.69) is 25.7 Å². The van der Waals surface area contributed by atoms with Crippen LogP contribution < -0.4 is 10.6 Å². The van der Waals surface area contributed by atoms with Gasteiger partial charge in [0.25, 0.3) is 5.78 Å². The van der Waals surface area contributed by atoms with E-state index < -0.39 is 0 Å². The van der Waals surface area contributed by atoms with E-state index in [0.717, 1.165) is 16.3 Å². The summed E-state index contributed by atoms with van der Waals surface area (Å²) in [5.41, 5.74) is 1.78. The summed E-state index contributed by atoms with van der Waals surface area (Å²) in [4.78, 5) is 34.1. The number of piperidine rings is 1. The molecule has 4 rings (SSSR count). The number of carbonyl (C=O) groups is 2. The molecular formula is C18H20N6O2S. The zero-order valence-electron chi connectivity index (χ0n) is 15.1. The summed E-state index contributed by atoms with van der Waals surface area (Å²) in [5, 5.41) is 12.4. The van der Waals surface area contributed by atoms with Gasteiger partial charge in [-0.2, -0.15) is 4.98 Å². The van der Waals surface area contributed by atoms with Crippen molar-refractivity contribution in [2.45, 2.75) is 45.2 Å². The van der Waals surface area contributed by atoms with Gasteiger partial charge in [0.15, 0.2) is 5.82 Å². The summed E-state index contributed by atoms with van der Waals surface area (Å²) in [6.07, 6.45) is 1.09. The Morgan fingerprint density at radius 1 is 1.41 bits per heavy atom. The smallest absolute Gasteiger partial charge is 0.252 e. The van der Waals surface area contributed by atoms with Gasteiger partial charge in [-0.05, 0) is 37.8 Å². The molecule has 140 valence electrons. The first kappa shape index (κ1) is 17.6. The first-order valence-electron chi connectivity index (χ1n) is 8.81. The average molecular weight is 384 g/mol. The molecule has 0 saturated carbocycles. The van der Waals surface area contributed by atoms with Crippen molar-refractivity contribution in [3.05, 3.63) is 45.7 Å². The molecule has 1 saturated heterocycles.